The van der Waals surface area contributed by atoms with Gasteiger partial charge in [-0.15, -0.1) is 0 Å². The minimum absolute atomic E-state index is 0.0995. The van der Waals surface area contributed by atoms with Gasteiger partial charge in [-0.05, 0) is 59.9 Å². The van der Waals surface area contributed by atoms with Gasteiger partial charge in [0.25, 0.3) is 0 Å². The number of methoxy groups -OCH3 is 1. The minimum Gasteiger partial charge on any atom is -0.496 e. The molecule has 4 nitrogen and oxygen atoms in total. The number of hydrogen-bond acceptors (Lipinski definition) is 4. The van der Waals surface area contributed by atoms with Crippen molar-refractivity contribution in [3.63, 3.8) is 0 Å². The molecule has 1 aromatic carbocycles. The van der Waals surface area contributed by atoms with Crippen LogP contribution in [-0.4, -0.2) is 37.2 Å². The molecule has 0 spiro atoms. The Morgan fingerprint density at radius 2 is 2.30 bits per heavy atom. The molecule has 1 fully saturated rings. The summed E-state index contributed by atoms with van der Waals surface area (Å²) in [7, 11) is 1.65. The van der Waals surface area contributed by atoms with E-state index < -0.39 is 0 Å². The number of benzene rings is 1. The number of halogens is 1. The summed E-state index contributed by atoms with van der Waals surface area (Å²) in [5.74, 6) is 0.717. The van der Waals surface area contributed by atoms with Crippen LogP contribution < -0.4 is 4.74 Å². The second-order valence-electron chi connectivity index (χ2n) is 4.85. The fraction of sp³-hybridized carbons (Fsp3) is 0.533. The van der Waals surface area contributed by atoms with E-state index in [-0.39, 0.29) is 12.0 Å². The fourth-order valence-corrected chi connectivity index (χ4v) is 3.15. The summed E-state index contributed by atoms with van der Waals surface area (Å²) >= 11 is 3.49. The maximum atomic E-state index is 11.9. The molecule has 1 aliphatic rings. The van der Waals surface area contributed by atoms with Crippen LogP contribution in [0.3, 0.4) is 0 Å². The van der Waals surface area contributed by atoms with Gasteiger partial charge in [-0.3, -0.25) is 9.69 Å². The maximum Gasteiger partial charge on any atom is 0.323 e. The molecule has 0 saturated carbocycles. The molecule has 1 saturated heterocycles. The van der Waals surface area contributed by atoms with E-state index in [9.17, 15) is 4.79 Å². The molecule has 1 unspecified atom stereocenters. The molecule has 1 aromatic rings. The van der Waals surface area contributed by atoms with Crippen molar-refractivity contribution in [1.29, 1.82) is 0 Å². The molecule has 0 aromatic heterocycles. The van der Waals surface area contributed by atoms with Crippen LogP contribution in [0.4, 0.5) is 0 Å². The molecule has 0 amide bonds. The third kappa shape index (κ3) is 3.52. The molecule has 1 atom stereocenters. The van der Waals surface area contributed by atoms with Gasteiger partial charge in [0, 0.05) is 6.54 Å². The number of carbonyl (C=O) groups excluding carboxylic acids is 1. The minimum atomic E-state index is -0.101. The van der Waals surface area contributed by atoms with Crippen molar-refractivity contribution in [2.24, 2.45) is 0 Å². The molecule has 2 rings (SSSR count). The third-order valence-corrected chi connectivity index (χ3v) is 4.14. The summed E-state index contributed by atoms with van der Waals surface area (Å²) in [4.78, 5) is 14.1. The van der Waals surface area contributed by atoms with E-state index in [0.717, 1.165) is 41.7 Å². The van der Waals surface area contributed by atoms with Crippen LogP contribution in [-0.2, 0) is 16.1 Å². The number of carbonyl (C=O) groups is 1. The smallest absolute Gasteiger partial charge is 0.323 e. The SMILES string of the molecule is CCOC(=O)C1CCCN1Cc1ccc(OC)c(Br)c1. The van der Waals surface area contributed by atoms with Gasteiger partial charge >= 0.3 is 5.97 Å². The van der Waals surface area contributed by atoms with Crippen LogP contribution in [0.1, 0.15) is 25.3 Å². The van der Waals surface area contributed by atoms with Crippen LogP contribution in [0.5, 0.6) is 5.75 Å². The second kappa shape index (κ2) is 7.09. The third-order valence-electron chi connectivity index (χ3n) is 3.52. The molecular formula is C15H20BrNO3. The average Bonchev–Trinajstić information content (AvgIpc) is 2.87. The van der Waals surface area contributed by atoms with Crippen molar-refractivity contribution in [1.82, 2.24) is 4.90 Å². The standard InChI is InChI=1S/C15H20BrNO3/c1-3-20-15(18)13-5-4-8-17(13)10-11-6-7-14(19-2)12(16)9-11/h6-7,9,13H,3-5,8,10H2,1-2H3. The van der Waals surface area contributed by atoms with Crippen molar-refractivity contribution < 1.29 is 14.3 Å². The van der Waals surface area contributed by atoms with Crippen LogP contribution in [0.2, 0.25) is 0 Å². The quantitative estimate of drug-likeness (QED) is 0.771. The number of ether oxygens (including phenoxy) is 2. The van der Waals surface area contributed by atoms with E-state index in [2.05, 4.69) is 20.8 Å². The molecule has 5 heteroatoms. The van der Waals surface area contributed by atoms with Gasteiger partial charge in [-0.2, -0.15) is 0 Å². The summed E-state index contributed by atoms with van der Waals surface area (Å²) in [6.45, 7) is 3.98. The number of rotatable bonds is 5. The summed E-state index contributed by atoms with van der Waals surface area (Å²) in [6.07, 6.45) is 1.93. The summed E-state index contributed by atoms with van der Waals surface area (Å²) in [5, 5.41) is 0. The predicted octanol–water partition coefficient (Wildman–Crippen LogP) is 2.99. The Kier molecular flexibility index (Phi) is 5.43. The molecule has 20 heavy (non-hydrogen) atoms. The highest BCUT2D eigenvalue weighted by Gasteiger charge is 2.31. The number of esters is 1. The number of likely N-dealkylation sites (tertiary alicyclic amines) is 1. The Balaban J connectivity index is 2.05. The Labute approximate surface area is 128 Å². The Hall–Kier alpha value is -1.07. The zero-order valence-electron chi connectivity index (χ0n) is 11.9. The highest BCUT2D eigenvalue weighted by atomic mass is 79.9. The second-order valence-corrected chi connectivity index (χ2v) is 5.70. The molecule has 1 heterocycles. The zero-order valence-corrected chi connectivity index (χ0v) is 13.5. The highest BCUT2D eigenvalue weighted by Crippen LogP contribution is 2.28. The Morgan fingerprint density at radius 3 is 2.95 bits per heavy atom. The molecule has 110 valence electrons. The normalized spacial score (nSPS) is 19.1. The van der Waals surface area contributed by atoms with Gasteiger partial charge in [-0.1, -0.05) is 6.07 Å². The molecule has 0 N–H and O–H groups in total. The summed E-state index contributed by atoms with van der Waals surface area (Å²) in [5.41, 5.74) is 1.16. The first kappa shape index (κ1) is 15.3. The van der Waals surface area contributed by atoms with Crippen molar-refractivity contribution in [2.45, 2.75) is 32.4 Å². The van der Waals surface area contributed by atoms with Gasteiger partial charge in [0.15, 0.2) is 0 Å². The van der Waals surface area contributed by atoms with Gasteiger partial charge in [-0.25, -0.2) is 0 Å². The van der Waals surface area contributed by atoms with E-state index in [1.807, 2.05) is 25.1 Å². The lowest BCUT2D eigenvalue weighted by Crippen LogP contribution is -2.36. The van der Waals surface area contributed by atoms with Crippen LogP contribution in [0.15, 0.2) is 22.7 Å². The lowest BCUT2D eigenvalue weighted by molar-refractivity contribution is -0.148. The highest BCUT2D eigenvalue weighted by molar-refractivity contribution is 9.10. The monoisotopic (exact) mass is 341 g/mol. The predicted molar refractivity (Wildman–Crippen MR) is 80.8 cm³/mol. The lowest BCUT2D eigenvalue weighted by atomic mass is 10.2. The number of nitrogens with zero attached hydrogens (tertiary/aromatic N) is 1. The molecule has 0 bridgehead atoms. The van der Waals surface area contributed by atoms with E-state index in [0.29, 0.717) is 6.61 Å². The first-order valence-electron chi connectivity index (χ1n) is 6.88. The summed E-state index contributed by atoms with van der Waals surface area (Å²) < 4.78 is 11.3. The fourth-order valence-electron chi connectivity index (χ4n) is 2.56. The van der Waals surface area contributed by atoms with E-state index in [1.54, 1.807) is 7.11 Å². The van der Waals surface area contributed by atoms with E-state index in [4.69, 9.17) is 9.47 Å². The molecule has 0 radical (unpaired) electrons. The van der Waals surface area contributed by atoms with Gasteiger partial charge in [0.2, 0.25) is 0 Å². The zero-order chi connectivity index (χ0) is 14.5. The van der Waals surface area contributed by atoms with Crippen molar-refractivity contribution in [3.8, 4) is 5.75 Å². The Morgan fingerprint density at radius 1 is 1.50 bits per heavy atom. The van der Waals surface area contributed by atoms with Crippen LogP contribution in [0.25, 0.3) is 0 Å². The van der Waals surface area contributed by atoms with Crippen LogP contribution >= 0.6 is 15.9 Å². The lowest BCUT2D eigenvalue weighted by Gasteiger charge is -2.23. The van der Waals surface area contributed by atoms with Gasteiger partial charge < -0.3 is 9.47 Å². The molecule has 0 aliphatic carbocycles. The largest absolute Gasteiger partial charge is 0.496 e. The van der Waals surface area contributed by atoms with Gasteiger partial charge in [0.1, 0.15) is 11.8 Å². The summed E-state index contributed by atoms with van der Waals surface area (Å²) in [6, 6.07) is 5.91. The van der Waals surface area contributed by atoms with Gasteiger partial charge in [0.05, 0.1) is 18.2 Å². The van der Waals surface area contributed by atoms with E-state index in [1.165, 1.54) is 0 Å². The first-order valence-corrected chi connectivity index (χ1v) is 7.68. The van der Waals surface area contributed by atoms with Crippen molar-refractivity contribution in [3.05, 3.63) is 28.2 Å². The maximum absolute atomic E-state index is 11.9. The number of hydrogen-bond donors (Lipinski definition) is 0. The first-order chi connectivity index (χ1) is 9.65. The van der Waals surface area contributed by atoms with E-state index >= 15 is 0 Å². The topological polar surface area (TPSA) is 38.8 Å². The molecular weight excluding hydrogens is 322 g/mol. The van der Waals surface area contributed by atoms with Crippen LogP contribution in [0, 0.1) is 0 Å². The average molecular weight is 342 g/mol. The molecule has 1 aliphatic heterocycles. The van der Waals surface area contributed by atoms with Crippen molar-refractivity contribution >= 4 is 21.9 Å². The van der Waals surface area contributed by atoms with Crippen molar-refractivity contribution in [2.75, 3.05) is 20.3 Å². The Bertz CT molecular complexity index is 478.